The van der Waals surface area contributed by atoms with E-state index in [9.17, 15) is 0 Å². The standard InChI is InChI=1S/C15H21NO3Si/c1-17-20(18-2,19-3)10-6-8-14-12-16-11-13-7-4-5-9-15(13)14/h4-5,7,9,11-12H,6,8,10H2,1-3H3. The third-order valence-corrected chi connectivity index (χ3v) is 6.44. The molecule has 0 N–H and O–H groups in total. The Morgan fingerprint density at radius 3 is 2.40 bits per heavy atom. The van der Waals surface area contributed by atoms with Gasteiger partial charge in [0.1, 0.15) is 0 Å². The van der Waals surface area contributed by atoms with Crippen LogP contribution in [0.2, 0.25) is 6.04 Å². The molecular weight excluding hydrogens is 270 g/mol. The molecule has 20 heavy (non-hydrogen) atoms. The van der Waals surface area contributed by atoms with Crippen LogP contribution in [-0.4, -0.2) is 35.1 Å². The first-order valence-electron chi connectivity index (χ1n) is 6.72. The maximum atomic E-state index is 5.44. The highest BCUT2D eigenvalue weighted by molar-refractivity contribution is 6.60. The van der Waals surface area contributed by atoms with E-state index in [0.29, 0.717) is 0 Å². The molecule has 1 aromatic carbocycles. The molecule has 0 radical (unpaired) electrons. The minimum absolute atomic E-state index is 0.805. The van der Waals surface area contributed by atoms with E-state index in [1.54, 1.807) is 21.3 Å². The SMILES string of the molecule is CO[Si](CCCc1cncc2ccccc12)(OC)OC. The lowest BCUT2D eigenvalue weighted by atomic mass is 10.0. The van der Waals surface area contributed by atoms with E-state index < -0.39 is 8.80 Å². The highest BCUT2D eigenvalue weighted by atomic mass is 28.4. The number of hydrogen-bond donors (Lipinski definition) is 0. The van der Waals surface area contributed by atoms with Crippen molar-refractivity contribution in [2.45, 2.75) is 18.9 Å². The van der Waals surface area contributed by atoms with Gasteiger partial charge in [-0.3, -0.25) is 4.98 Å². The fourth-order valence-corrected chi connectivity index (χ4v) is 4.15. The minimum atomic E-state index is -2.46. The molecule has 0 fully saturated rings. The molecule has 4 nitrogen and oxygen atoms in total. The van der Waals surface area contributed by atoms with Gasteiger partial charge in [-0.2, -0.15) is 0 Å². The lowest BCUT2D eigenvalue weighted by Gasteiger charge is -2.24. The second-order valence-electron chi connectivity index (χ2n) is 4.67. The zero-order chi connectivity index (χ0) is 14.4. The number of fused-ring (bicyclic) bond motifs is 1. The first-order valence-corrected chi connectivity index (χ1v) is 8.65. The third kappa shape index (κ3) is 3.24. The molecule has 0 saturated heterocycles. The summed E-state index contributed by atoms with van der Waals surface area (Å²) >= 11 is 0. The molecule has 1 aromatic heterocycles. The first-order chi connectivity index (χ1) is 9.74. The van der Waals surface area contributed by atoms with Gasteiger partial charge < -0.3 is 13.3 Å². The Morgan fingerprint density at radius 2 is 1.70 bits per heavy atom. The summed E-state index contributed by atoms with van der Waals surface area (Å²) in [5, 5.41) is 2.45. The Hall–Kier alpha value is -1.27. The van der Waals surface area contributed by atoms with E-state index >= 15 is 0 Å². The third-order valence-electron chi connectivity index (χ3n) is 3.61. The number of aryl methyl sites for hydroxylation is 1. The van der Waals surface area contributed by atoms with Gasteiger partial charge in [0.15, 0.2) is 0 Å². The number of rotatable bonds is 7. The van der Waals surface area contributed by atoms with Crippen molar-refractivity contribution in [3.8, 4) is 0 Å². The number of benzene rings is 1. The van der Waals surface area contributed by atoms with E-state index in [-0.39, 0.29) is 0 Å². The lowest BCUT2D eigenvalue weighted by Crippen LogP contribution is -2.42. The molecule has 0 aliphatic carbocycles. The molecule has 0 aliphatic rings. The van der Waals surface area contributed by atoms with Gasteiger partial charge in [-0.05, 0) is 23.8 Å². The minimum Gasteiger partial charge on any atom is -0.377 e. The highest BCUT2D eigenvalue weighted by Gasteiger charge is 2.36. The maximum Gasteiger partial charge on any atom is 0.500 e. The Kier molecular flexibility index (Phi) is 5.25. The molecule has 1 heterocycles. The van der Waals surface area contributed by atoms with Gasteiger partial charge in [0.2, 0.25) is 0 Å². The fourth-order valence-electron chi connectivity index (χ4n) is 2.43. The van der Waals surface area contributed by atoms with Crippen molar-refractivity contribution in [3.63, 3.8) is 0 Å². The van der Waals surface area contributed by atoms with Gasteiger partial charge in [0.05, 0.1) is 0 Å². The van der Waals surface area contributed by atoms with Crippen LogP contribution in [0.3, 0.4) is 0 Å². The van der Waals surface area contributed by atoms with Crippen LogP contribution in [-0.2, 0) is 19.7 Å². The van der Waals surface area contributed by atoms with Gasteiger partial charge in [0.25, 0.3) is 0 Å². The summed E-state index contributed by atoms with van der Waals surface area (Å²) in [4.78, 5) is 4.31. The van der Waals surface area contributed by atoms with Crippen LogP contribution in [0.15, 0.2) is 36.7 Å². The van der Waals surface area contributed by atoms with Crippen molar-refractivity contribution >= 4 is 19.6 Å². The second-order valence-corrected chi connectivity index (χ2v) is 7.76. The molecule has 0 bridgehead atoms. The predicted molar refractivity (Wildman–Crippen MR) is 81.7 cm³/mol. The van der Waals surface area contributed by atoms with Crippen LogP contribution in [0.4, 0.5) is 0 Å². The Labute approximate surface area is 121 Å². The predicted octanol–water partition coefficient (Wildman–Crippen LogP) is 3.05. The number of nitrogens with zero attached hydrogens (tertiary/aromatic N) is 1. The Morgan fingerprint density at radius 1 is 1.00 bits per heavy atom. The van der Waals surface area contributed by atoms with Crippen molar-refractivity contribution in [1.29, 1.82) is 0 Å². The molecule has 0 saturated carbocycles. The van der Waals surface area contributed by atoms with E-state index in [2.05, 4.69) is 23.2 Å². The van der Waals surface area contributed by atoms with Crippen LogP contribution in [0.25, 0.3) is 10.8 Å². The van der Waals surface area contributed by atoms with Crippen molar-refractivity contribution < 1.29 is 13.3 Å². The number of hydrogen-bond acceptors (Lipinski definition) is 4. The van der Waals surface area contributed by atoms with Gasteiger partial charge in [0, 0.05) is 45.2 Å². The molecule has 0 amide bonds. The summed E-state index contributed by atoms with van der Waals surface area (Å²) in [6.07, 6.45) is 5.74. The summed E-state index contributed by atoms with van der Waals surface area (Å²) in [5.41, 5.74) is 1.26. The molecule has 108 valence electrons. The van der Waals surface area contributed by atoms with E-state index in [1.807, 2.05) is 18.5 Å². The van der Waals surface area contributed by atoms with Crippen molar-refractivity contribution in [1.82, 2.24) is 4.98 Å². The summed E-state index contributed by atoms with van der Waals surface area (Å²) in [6, 6.07) is 9.13. The quantitative estimate of drug-likeness (QED) is 0.735. The largest absolute Gasteiger partial charge is 0.500 e. The molecule has 0 unspecified atom stereocenters. The summed E-state index contributed by atoms with van der Waals surface area (Å²) in [6.45, 7) is 0. The highest BCUT2D eigenvalue weighted by Crippen LogP contribution is 2.21. The molecule has 0 aliphatic heterocycles. The number of pyridine rings is 1. The van der Waals surface area contributed by atoms with Crippen LogP contribution < -0.4 is 0 Å². The lowest BCUT2D eigenvalue weighted by molar-refractivity contribution is 0.123. The van der Waals surface area contributed by atoms with Gasteiger partial charge in [-0.15, -0.1) is 0 Å². The molecule has 5 heteroatoms. The van der Waals surface area contributed by atoms with Crippen LogP contribution in [0.5, 0.6) is 0 Å². The van der Waals surface area contributed by atoms with Crippen LogP contribution in [0.1, 0.15) is 12.0 Å². The summed E-state index contributed by atoms with van der Waals surface area (Å²) in [5.74, 6) is 0. The molecule has 2 aromatic rings. The van der Waals surface area contributed by atoms with Gasteiger partial charge >= 0.3 is 8.80 Å². The molecular formula is C15H21NO3Si. The fraction of sp³-hybridized carbons (Fsp3) is 0.400. The average Bonchev–Trinajstić information content (AvgIpc) is 2.52. The Bertz CT molecular complexity index is 544. The van der Waals surface area contributed by atoms with Crippen LogP contribution in [0, 0.1) is 0 Å². The normalized spacial score (nSPS) is 11.9. The second kappa shape index (κ2) is 6.94. The molecule has 0 spiro atoms. The maximum absolute atomic E-state index is 5.44. The van der Waals surface area contributed by atoms with E-state index in [1.165, 1.54) is 16.3 Å². The monoisotopic (exact) mass is 291 g/mol. The van der Waals surface area contributed by atoms with E-state index in [4.69, 9.17) is 13.3 Å². The zero-order valence-electron chi connectivity index (χ0n) is 12.3. The van der Waals surface area contributed by atoms with Gasteiger partial charge in [-0.25, -0.2) is 0 Å². The van der Waals surface area contributed by atoms with Crippen molar-refractivity contribution in [3.05, 3.63) is 42.2 Å². The van der Waals surface area contributed by atoms with E-state index in [0.717, 1.165) is 18.9 Å². The Balaban J connectivity index is 2.06. The topological polar surface area (TPSA) is 40.6 Å². The molecule has 2 rings (SSSR count). The summed E-state index contributed by atoms with van der Waals surface area (Å²) in [7, 11) is 2.50. The average molecular weight is 291 g/mol. The summed E-state index contributed by atoms with van der Waals surface area (Å²) < 4.78 is 16.3. The van der Waals surface area contributed by atoms with Gasteiger partial charge in [-0.1, -0.05) is 24.3 Å². The smallest absolute Gasteiger partial charge is 0.377 e. The van der Waals surface area contributed by atoms with Crippen LogP contribution >= 0.6 is 0 Å². The van der Waals surface area contributed by atoms with Crippen molar-refractivity contribution in [2.75, 3.05) is 21.3 Å². The number of aromatic nitrogens is 1. The van der Waals surface area contributed by atoms with Crippen molar-refractivity contribution in [2.24, 2.45) is 0 Å². The molecule has 0 atom stereocenters. The first kappa shape index (κ1) is 15.1. The zero-order valence-corrected chi connectivity index (χ0v) is 13.3.